The van der Waals surface area contributed by atoms with E-state index in [9.17, 15) is 9.50 Å². The molecule has 0 fully saturated rings. The molecule has 0 amide bonds. The van der Waals surface area contributed by atoms with Crippen LogP contribution in [0.3, 0.4) is 0 Å². The lowest BCUT2D eigenvalue weighted by molar-refractivity contribution is 0.471. The molecule has 2 aromatic carbocycles. The summed E-state index contributed by atoms with van der Waals surface area (Å²) in [6.07, 6.45) is 0. The highest BCUT2D eigenvalue weighted by atomic mass is 35.5. The zero-order chi connectivity index (χ0) is 13.7. The summed E-state index contributed by atoms with van der Waals surface area (Å²) in [6.45, 7) is 5.74. The Balaban J connectivity index is 0.000000771. The Labute approximate surface area is 112 Å². The standard InChI is InChI=1S/C13H10ClFO.C2H6/c1-8-6-11(14)10(7-13(8)16)9-4-2-3-5-12(9)15;1-2/h2-7,16H,1H3;1-2H3. The number of aromatic hydroxyl groups is 1. The molecule has 0 unspecified atom stereocenters. The minimum absolute atomic E-state index is 0.114. The van der Waals surface area contributed by atoms with Crippen molar-refractivity contribution < 1.29 is 9.50 Å². The van der Waals surface area contributed by atoms with E-state index in [2.05, 4.69) is 0 Å². The number of rotatable bonds is 1. The fourth-order valence-corrected chi connectivity index (χ4v) is 1.87. The molecule has 1 nitrogen and oxygen atoms in total. The lowest BCUT2D eigenvalue weighted by Crippen LogP contribution is -1.86. The fourth-order valence-electron chi connectivity index (χ4n) is 1.55. The summed E-state index contributed by atoms with van der Waals surface area (Å²) < 4.78 is 13.5. The average molecular weight is 267 g/mol. The van der Waals surface area contributed by atoms with Crippen LogP contribution in [0.15, 0.2) is 36.4 Å². The number of benzene rings is 2. The van der Waals surface area contributed by atoms with Gasteiger partial charge in [0, 0.05) is 16.1 Å². The number of phenolic OH excluding ortho intramolecular Hbond substituents is 1. The first-order valence-corrected chi connectivity index (χ1v) is 6.21. The summed E-state index contributed by atoms with van der Waals surface area (Å²) in [4.78, 5) is 0. The van der Waals surface area contributed by atoms with Gasteiger partial charge < -0.3 is 5.11 Å². The Kier molecular flexibility index (Phi) is 5.17. The highest BCUT2D eigenvalue weighted by molar-refractivity contribution is 6.33. The van der Waals surface area contributed by atoms with E-state index in [0.717, 1.165) is 0 Å². The van der Waals surface area contributed by atoms with Crippen molar-refractivity contribution in [1.82, 2.24) is 0 Å². The first-order valence-electron chi connectivity index (χ1n) is 5.83. The molecule has 0 radical (unpaired) electrons. The van der Waals surface area contributed by atoms with Crippen LogP contribution in [0.25, 0.3) is 11.1 Å². The van der Waals surface area contributed by atoms with E-state index in [0.29, 0.717) is 21.7 Å². The van der Waals surface area contributed by atoms with Crippen molar-refractivity contribution in [2.75, 3.05) is 0 Å². The van der Waals surface area contributed by atoms with Crippen LogP contribution in [-0.2, 0) is 0 Å². The molecule has 0 atom stereocenters. The minimum atomic E-state index is -0.354. The Morgan fingerprint density at radius 2 is 1.67 bits per heavy atom. The van der Waals surface area contributed by atoms with Gasteiger partial charge in [0.25, 0.3) is 0 Å². The Hall–Kier alpha value is -1.54. The van der Waals surface area contributed by atoms with E-state index in [1.54, 1.807) is 31.2 Å². The molecule has 18 heavy (non-hydrogen) atoms. The average Bonchev–Trinajstić information content (AvgIpc) is 2.37. The zero-order valence-corrected chi connectivity index (χ0v) is 11.4. The second-order valence-corrected chi connectivity index (χ2v) is 4.01. The molecule has 2 aromatic rings. The van der Waals surface area contributed by atoms with Crippen molar-refractivity contribution in [3.63, 3.8) is 0 Å². The molecule has 2 rings (SSSR count). The van der Waals surface area contributed by atoms with Crippen molar-refractivity contribution in [3.05, 3.63) is 52.8 Å². The predicted molar refractivity (Wildman–Crippen MR) is 74.6 cm³/mol. The first kappa shape index (κ1) is 14.5. The fraction of sp³-hybridized carbons (Fsp3) is 0.200. The number of aryl methyl sites for hydroxylation is 1. The van der Waals surface area contributed by atoms with Gasteiger partial charge in [0.1, 0.15) is 11.6 Å². The topological polar surface area (TPSA) is 20.2 Å². The van der Waals surface area contributed by atoms with Crippen LogP contribution in [0, 0.1) is 12.7 Å². The molecular weight excluding hydrogens is 251 g/mol. The maximum Gasteiger partial charge on any atom is 0.131 e. The van der Waals surface area contributed by atoms with Crippen LogP contribution in [0.2, 0.25) is 5.02 Å². The molecule has 1 N–H and O–H groups in total. The number of hydrogen-bond acceptors (Lipinski definition) is 1. The van der Waals surface area contributed by atoms with Gasteiger partial charge in [0.2, 0.25) is 0 Å². The minimum Gasteiger partial charge on any atom is -0.508 e. The molecule has 0 bridgehead atoms. The van der Waals surface area contributed by atoms with Gasteiger partial charge >= 0.3 is 0 Å². The largest absolute Gasteiger partial charge is 0.508 e. The SMILES string of the molecule is CC.Cc1cc(Cl)c(-c2ccccc2F)cc1O. The van der Waals surface area contributed by atoms with E-state index in [1.807, 2.05) is 13.8 Å². The molecule has 0 saturated heterocycles. The summed E-state index contributed by atoms with van der Waals surface area (Å²) in [6, 6.07) is 9.44. The van der Waals surface area contributed by atoms with Crippen molar-refractivity contribution in [2.24, 2.45) is 0 Å². The molecule has 0 aliphatic carbocycles. The van der Waals surface area contributed by atoms with Gasteiger partial charge in [-0.1, -0.05) is 43.6 Å². The van der Waals surface area contributed by atoms with Crippen LogP contribution >= 0.6 is 11.6 Å². The Morgan fingerprint density at radius 3 is 2.28 bits per heavy atom. The summed E-state index contributed by atoms with van der Waals surface area (Å²) in [7, 11) is 0. The van der Waals surface area contributed by atoms with E-state index in [-0.39, 0.29) is 11.6 Å². The predicted octanol–water partition coefficient (Wildman–Crippen LogP) is 5.19. The maximum absolute atomic E-state index is 13.5. The molecule has 0 saturated carbocycles. The molecule has 96 valence electrons. The van der Waals surface area contributed by atoms with Crippen molar-refractivity contribution in [3.8, 4) is 16.9 Å². The quantitative estimate of drug-likeness (QED) is 0.753. The van der Waals surface area contributed by atoms with E-state index < -0.39 is 0 Å². The number of halogens is 2. The van der Waals surface area contributed by atoms with E-state index >= 15 is 0 Å². The smallest absolute Gasteiger partial charge is 0.131 e. The lowest BCUT2D eigenvalue weighted by atomic mass is 10.0. The van der Waals surface area contributed by atoms with Crippen molar-refractivity contribution in [2.45, 2.75) is 20.8 Å². The van der Waals surface area contributed by atoms with E-state index in [1.165, 1.54) is 12.1 Å². The molecule has 0 aliphatic heterocycles. The highest BCUT2D eigenvalue weighted by Gasteiger charge is 2.10. The second kappa shape index (κ2) is 6.41. The molecule has 3 heteroatoms. The van der Waals surface area contributed by atoms with Crippen LogP contribution in [0.4, 0.5) is 4.39 Å². The van der Waals surface area contributed by atoms with Gasteiger partial charge in [-0.2, -0.15) is 0 Å². The van der Waals surface area contributed by atoms with Gasteiger partial charge in [0.15, 0.2) is 0 Å². The molecule has 0 spiro atoms. The maximum atomic E-state index is 13.5. The monoisotopic (exact) mass is 266 g/mol. The lowest BCUT2D eigenvalue weighted by Gasteiger charge is -2.08. The molecule has 0 heterocycles. The second-order valence-electron chi connectivity index (χ2n) is 3.60. The van der Waals surface area contributed by atoms with Crippen LogP contribution in [0.1, 0.15) is 19.4 Å². The molecular formula is C15H16ClFO. The molecule has 0 aliphatic rings. The van der Waals surface area contributed by atoms with Crippen molar-refractivity contribution >= 4 is 11.6 Å². The van der Waals surface area contributed by atoms with Crippen LogP contribution in [-0.4, -0.2) is 5.11 Å². The summed E-state index contributed by atoms with van der Waals surface area (Å²) in [5.41, 5.74) is 1.57. The third kappa shape index (κ3) is 3.02. The summed E-state index contributed by atoms with van der Waals surface area (Å²) in [5, 5.41) is 10.0. The third-order valence-electron chi connectivity index (χ3n) is 2.45. The number of phenols is 1. The van der Waals surface area contributed by atoms with Crippen LogP contribution < -0.4 is 0 Å². The van der Waals surface area contributed by atoms with Crippen molar-refractivity contribution in [1.29, 1.82) is 0 Å². The van der Waals surface area contributed by atoms with Gasteiger partial charge in [0.05, 0.1) is 0 Å². The Bertz CT molecular complexity index is 538. The first-order chi connectivity index (χ1) is 8.59. The third-order valence-corrected chi connectivity index (χ3v) is 2.76. The zero-order valence-electron chi connectivity index (χ0n) is 10.7. The van der Waals surface area contributed by atoms with Gasteiger partial charge in [-0.25, -0.2) is 4.39 Å². The van der Waals surface area contributed by atoms with Gasteiger partial charge in [-0.05, 0) is 30.7 Å². The summed E-state index contributed by atoms with van der Waals surface area (Å²) >= 11 is 6.03. The number of hydrogen-bond donors (Lipinski definition) is 1. The van der Waals surface area contributed by atoms with E-state index in [4.69, 9.17) is 11.6 Å². The normalized spacial score (nSPS) is 9.61. The van der Waals surface area contributed by atoms with Gasteiger partial charge in [-0.3, -0.25) is 0 Å². The Morgan fingerprint density at radius 1 is 1.06 bits per heavy atom. The highest BCUT2D eigenvalue weighted by Crippen LogP contribution is 2.34. The van der Waals surface area contributed by atoms with Gasteiger partial charge in [-0.15, -0.1) is 0 Å². The summed E-state index contributed by atoms with van der Waals surface area (Å²) in [5.74, 6) is -0.240. The van der Waals surface area contributed by atoms with Crippen LogP contribution in [0.5, 0.6) is 5.75 Å². The molecule has 0 aromatic heterocycles.